The van der Waals surface area contributed by atoms with Crippen LogP contribution in [-0.2, 0) is 0 Å². The number of carbonyl (C=O) groups excluding carboxylic acids is 1. The molecule has 1 aliphatic carbocycles. The molecule has 0 saturated heterocycles. The summed E-state index contributed by atoms with van der Waals surface area (Å²) < 4.78 is 14.0. The number of carbonyl (C=O) groups is 1. The highest BCUT2D eigenvalue weighted by Gasteiger charge is 2.37. The molecule has 1 saturated carbocycles. The number of hydrogen-bond donors (Lipinski definition) is 1. The van der Waals surface area contributed by atoms with Crippen LogP contribution < -0.4 is 5.32 Å². The van der Waals surface area contributed by atoms with Crippen molar-refractivity contribution in [2.45, 2.75) is 37.8 Å². The Morgan fingerprint density at radius 3 is 2.48 bits per heavy atom. The maximum atomic E-state index is 14.0. The maximum Gasteiger partial charge on any atom is 0.274 e. The molecule has 6 nitrogen and oxygen atoms in total. The van der Waals surface area contributed by atoms with E-state index in [1.165, 1.54) is 18.2 Å². The fourth-order valence-corrected chi connectivity index (χ4v) is 4.40. The topological polar surface area (TPSA) is 75.5 Å². The number of hydrogen-bond acceptors (Lipinski definition) is 4. The minimum atomic E-state index is -0.555. The largest absolute Gasteiger partial charge is 0.349 e. The zero-order valence-corrected chi connectivity index (χ0v) is 16.7. The van der Waals surface area contributed by atoms with Gasteiger partial charge < -0.3 is 10.2 Å². The summed E-state index contributed by atoms with van der Waals surface area (Å²) in [6.45, 7) is 0. The quantitative estimate of drug-likeness (QED) is 0.580. The van der Waals surface area contributed by atoms with Crippen LogP contribution in [0.25, 0.3) is 0 Å². The molecule has 0 bridgehead atoms. The monoisotopic (exact) mass is 399 g/mol. The molecule has 0 aliphatic heterocycles. The predicted octanol–water partition coefficient (Wildman–Crippen LogP) is 4.33. The SMILES string of the molecule is CN(C)C(c1ccccc1[N+](=O)[O-])[C@@H]1CCCC[C@H]1NC(=O)c1ccccc1F. The van der Waals surface area contributed by atoms with Crippen LogP contribution in [0.1, 0.15) is 47.6 Å². The van der Waals surface area contributed by atoms with Crippen molar-refractivity contribution < 1.29 is 14.1 Å². The first-order valence-corrected chi connectivity index (χ1v) is 9.85. The normalized spacial score (nSPS) is 20.3. The van der Waals surface area contributed by atoms with Gasteiger partial charge in [-0.3, -0.25) is 14.9 Å². The van der Waals surface area contributed by atoms with Crippen LogP contribution in [0.5, 0.6) is 0 Å². The van der Waals surface area contributed by atoms with Crippen molar-refractivity contribution in [2.24, 2.45) is 5.92 Å². The average Bonchev–Trinajstić information content (AvgIpc) is 2.69. The molecular formula is C22H26FN3O3. The number of nitrogens with one attached hydrogen (secondary N) is 1. The Kier molecular flexibility index (Phi) is 6.59. The lowest BCUT2D eigenvalue weighted by atomic mass is 9.76. The van der Waals surface area contributed by atoms with Gasteiger partial charge in [0, 0.05) is 23.7 Å². The van der Waals surface area contributed by atoms with E-state index in [2.05, 4.69) is 5.32 Å². The Labute approximate surface area is 169 Å². The summed E-state index contributed by atoms with van der Waals surface area (Å²) >= 11 is 0. The van der Waals surface area contributed by atoms with Gasteiger partial charge in [-0.05, 0) is 45.0 Å². The Morgan fingerprint density at radius 2 is 1.79 bits per heavy atom. The maximum absolute atomic E-state index is 14.0. The molecule has 2 aromatic rings. The van der Waals surface area contributed by atoms with Gasteiger partial charge >= 0.3 is 0 Å². The highest BCUT2D eigenvalue weighted by molar-refractivity contribution is 5.94. The van der Waals surface area contributed by atoms with Crippen LogP contribution in [0.15, 0.2) is 48.5 Å². The second-order valence-corrected chi connectivity index (χ2v) is 7.73. The standard InChI is InChI=1S/C22H26FN3O3/c1-25(2)21(17-11-5-8-14-20(17)26(28)29)16-10-4-7-13-19(16)24-22(27)15-9-3-6-12-18(15)23/h3,5-6,8-9,11-12,14,16,19,21H,4,7,10,13H2,1-2H3,(H,24,27)/t16-,19-,21?/m1/s1. The van der Waals surface area contributed by atoms with Gasteiger partial charge in [-0.15, -0.1) is 0 Å². The molecule has 29 heavy (non-hydrogen) atoms. The molecule has 2 aromatic carbocycles. The molecule has 0 heterocycles. The second kappa shape index (κ2) is 9.13. The number of rotatable bonds is 6. The van der Waals surface area contributed by atoms with Gasteiger partial charge in [-0.1, -0.05) is 43.2 Å². The van der Waals surface area contributed by atoms with E-state index in [9.17, 15) is 19.3 Å². The first kappa shape index (κ1) is 20.9. The van der Waals surface area contributed by atoms with Crippen molar-refractivity contribution in [1.29, 1.82) is 0 Å². The van der Waals surface area contributed by atoms with Gasteiger partial charge in [0.1, 0.15) is 5.82 Å². The molecule has 1 fully saturated rings. The molecule has 1 aliphatic rings. The lowest BCUT2D eigenvalue weighted by Gasteiger charge is -2.40. The van der Waals surface area contributed by atoms with Crippen LogP contribution >= 0.6 is 0 Å². The molecule has 7 heteroatoms. The predicted molar refractivity (Wildman–Crippen MR) is 109 cm³/mol. The van der Waals surface area contributed by atoms with E-state index in [1.54, 1.807) is 30.3 Å². The van der Waals surface area contributed by atoms with Crippen molar-refractivity contribution in [3.8, 4) is 0 Å². The summed E-state index contributed by atoms with van der Waals surface area (Å²) in [6.07, 6.45) is 3.53. The third-order valence-corrected chi connectivity index (χ3v) is 5.67. The first-order valence-electron chi connectivity index (χ1n) is 9.85. The van der Waals surface area contributed by atoms with Gasteiger partial charge in [0.25, 0.3) is 11.6 Å². The number of amides is 1. The summed E-state index contributed by atoms with van der Waals surface area (Å²) in [4.78, 5) is 25.9. The zero-order valence-electron chi connectivity index (χ0n) is 16.7. The van der Waals surface area contributed by atoms with Gasteiger partial charge in [0.2, 0.25) is 0 Å². The van der Waals surface area contributed by atoms with E-state index < -0.39 is 11.7 Å². The smallest absolute Gasteiger partial charge is 0.274 e. The summed E-state index contributed by atoms with van der Waals surface area (Å²) in [5, 5.41) is 14.6. The van der Waals surface area contributed by atoms with Crippen molar-refractivity contribution in [3.05, 3.63) is 75.6 Å². The fraction of sp³-hybridized carbons (Fsp3) is 0.409. The number of nitrogens with zero attached hydrogens (tertiary/aromatic N) is 2. The third-order valence-electron chi connectivity index (χ3n) is 5.67. The van der Waals surface area contributed by atoms with Gasteiger partial charge in [0.05, 0.1) is 10.5 Å². The number of nitro groups is 1. The van der Waals surface area contributed by atoms with E-state index >= 15 is 0 Å². The Balaban J connectivity index is 1.92. The molecule has 1 amide bonds. The highest BCUT2D eigenvalue weighted by atomic mass is 19.1. The number of benzene rings is 2. The molecule has 1 unspecified atom stereocenters. The van der Waals surface area contributed by atoms with Crippen LogP contribution in [0.2, 0.25) is 0 Å². The van der Waals surface area contributed by atoms with Crippen LogP contribution in [0.3, 0.4) is 0 Å². The van der Waals surface area contributed by atoms with E-state index in [4.69, 9.17) is 0 Å². The molecule has 154 valence electrons. The molecule has 0 aromatic heterocycles. The first-order chi connectivity index (χ1) is 13.9. The van der Waals surface area contributed by atoms with Crippen molar-refractivity contribution in [1.82, 2.24) is 10.2 Å². The number of para-hydroxylation sites is 1. The fourth-order valence-electron chi connectivity index (χ4n) is 4.40. The minimum Gasteiger partial charge on any atom is -0.349 e. The van der Waals surface area contributed by atoms with E-state index in [0.717, 1.165) is 25.7 Å². The lowest BCUT2D eigenvalue weighted by Crippen LogP contribution is -2.47. The summed E-state index contributed by atoms with van der Waals surface area (Å²) in [7, 11) is 3.79. The Hall–Kier alpha value is -2.80. The third kappa shape index (κ3) is 4.62. The van der Waals surface area contributed by atoms with Gasteiger partial charge in [-0.2, -0.15) is 0 Å². The minimum absolute atomic E-state index is 0.0175. The highest BCUT2D eigenvalue weighted by Crippen LogP contribution is 2.40. The van der Waals surface area contributed by atoms with Gasteiger partial charge in [-0.25, -0.2) is 4.39 Å². The van der Waals surface area contributed by atoms with Crippen molar-refractivity contribution >= 4 is 11.6 Å². The van der Waals surface area contributed by atoms with Crippen LogP contribution in [0, 0.1) is 21.8 Å². The molecule has 3 rings (SSSR count). The van der Waals surface area contributed by atoms with E-state index in [1.807, 2.05) is 19.0 Å². The molecular weight excluding hydrogens is 373 g/mol. The molecule has 1 N–H and O–H groups in total. The molecule has 0 spiro atoms. The van der Waals surface area contributed by atoms with Gasteiger partial charge in [0.15, 0.2) is 0 Å². The van der Waals surface area contributed by atoms with Crippen LogP contribution in [0.4, 0.5) is 10.1 Å². The Bertz CT molecular complexity index is 887. The van der Waals surface area contributed by atoms with E-state index in [0.29, 0.717) is 5.56 Å². The summed E-state index contributed by atoms with van der Waals surface area (Å²) in [6, 6.07) is 12.2. The summed E-state index contributed by atoms with van der Waals surface area (Å²) in [5.41, 5.74) is 0.736. The lowest BCUT2D eigenvalue weighted by molar-refractivity contribution is -0.386. The second-order valence-electron chi connectivity index (χ2n) is 7.73. The average molecular weight is 399 g/mol. The zero-order chi connectivity index (χ0) is 21.0. The van der Waals surface area contributed by atoms with Crippen LogP contribution in [-0.4, -0.2) is 35.9 Å². The molecule has 0 radical (unpaired) electrons. The van der Waals surface area contributed by atoms with Crippen molar-refractivity contribution in [3.63, 3.8) is 0 Å². The number of halogens is 1. The van der Waals surface area contributed by atoms with E-state index in [-0.39, 0.29) is 34.2 Å². The Morgan fingerprint density at radius 1 is 1.14 bits per heavy atom. The molecule has 3 atom stereocenters. The van der Waals surface area contributed by atoms with Crippen molar-refractivity contribution in [2.75, 3.05) is 14.1 Å². The number of nitro benzene ring substituents is 1. The summed E-state index contributed by atoms with van der Waals surface area (Å²) in [5.74, 6) is -1.02.